The average molecular weight is 442 g/mol. The molecule has 1 saturated heterocycles. The van der Waals surface area contributed by atoms with Gasteiger partial charge in [-0.05, 0) is 74.1 Å². The molecule has 0 aliphatic carbocycles. The molecule has 0 saturated carbocycles. The third-order valence-electron chi connectivity index (χ3n) is 5.06. The summed E-state index contributed by atoms with van der Waals surface area (Å²) in [7, 11) is -3.34. The Labute approximate surface area is 181 Å². The molecule has 2 aromatic heterocycles. The molecule has 7 nitrogen and oxygen atoms in total. The van der Waals surface area contributed by atoms with Crippen molar-refractivity contribution in [3.8, 4) is 0 Å². The topological polar surface area (TPSA) is 90.1 Å². The number of nitrogens with zero attached hydrogens (tertiary/aromatic N) is 2. The van der Waals surface area contributed by atoms with E-state index in [0.29, 0.717) is 10.8 Å². The molecule has 3 heterocycles. The van der Waals surface area contributed by atoms with Crippen molar-refractivity contribution in [3.05, 3.63) is 77.4 Å². The first-order valence-electron chi connectivity index (χ1n) is 9.47. The quantitative estimate of drug-likeness (QED) is 0.525. The zero-order chi connectivity index (χ0) is 21.5. The van der Waals surface area contributed by atoms with Crippen LogP contribution in [0.4, 0.5) is 11.4 Å². The van der Waals surface area contributed by atoms with Gasteiger partial charge in [0, 0.05) is 29.0 Å². The van der Waals surface area contributed by atoms with Crippen LogP contribution in [0, 0.1) is 13.8 Å². The van der Waals surface area contributed by atoms with Crippen LogP contribution in [-0.2, 0) is 10.0 Å². The Hall–Kier alpha value is -2.91. The summed E-state index contributed by atoms with van der Waals surface area (Å²) in [6.07, 6.45) is 2.91. The van der Waals surface area contributed by atoms with E-state index >= 15 is 0 Å². The normalized spacial score (nSPS) is 19.0. The minimum Gasteiger partial charge on any atom is -0.362 e. The Morgan fingerprint density at radius 1 is 1.13 bits per heavy atom. The summed E-state index contributed by atoms with van der Waals surface area (Å²) in [6.45, 7) is 4.08. The molecule has 1 aromatic carbocycles. The van der Waals surface area contributed by atoms with Gasteiger partial charge in [0.2, 0.25) is 10.0 Å². The monoisotopic (exact) mass is 441 g/mol. The summed E-state index contributed by atoms with van der Waals surface area (Å²) in [6, 6.07) is 15.0. The summed E-state index contributed by atoms with van der Waals surface area (Å²) in [5.74, 6) is 0. The number of pyridine rings is 1. The van der Waals surface area contributed by atoms with Crippen LogP contribution in [0.5, 0.6) is 0 Å². The summed E-state index contributed by atoms with van der Waals surface area (Å²) in [4.78, 5) is 10.0. The highest BCUT2D eigenvalue weighted by molar-refractivity contribution is 7.92. The lowest BCUT2D eigenvalue weighted by atomic mass is 9.96. The Morgan fingerprint density at radius 3 is 2.43 bits per heavy atom. The fraction of sp³-hybridized carbons (Fsp3) is 0.238. The van der Waals surface area contributed by atoms with Crippen molar-refractivity contribution in [1.82, 2.24) is 15.3 Å². The predicted molar refractivity (Wildman–Crippen MR) is 123 cm³/mol. The number of anilines is 2. The first-order valence-corrected chi connectivity index (χ1v) is 11.8. The molecule has 1 fully saturated rings. The van der Waals surface area contributed by atoms with Crippen molar-refractivity contribution >= 4 is 38.7 Å². The van der Waals surface area contributed by atoms with E-state index in [0.717, 1.165) is 34.6 Å². The molecule has 0 amide bonds. The van der Waals surface area contributed by atoms with Crippen LogP contribution in [0.1, 0.15) is 34.7 Å². The van der Waals surface area contributed by atoms with Crippen LogP contribution < -0.4 is 14.9 Å². The Kier molecular flexibility index (Phi) is 5.25. The fourth-order valence-electron chi connectivity index (χ4n) is 3.91. The summed E-state index contributed by atoms with van der Waals surface area (Å²) >= 11 is 5.71. The average Bonchev–Trinajstić information content (AvgIpc) is 3.20. The highest BCUT2D eigenvalue weighted by Crippen LogP contribution is 2.42. The smallest absolute Gasteiger partial charge is 0.229 e. The van der Waals surface area contributed by atoms with Gasteiger partial charge < -0.3 is 15.2 Å². The second-order valence-electron chi connectivity index (χ2n) is 7.45. The van der Waals surface area contributed by atoms with Crippen LogP contribution in [0.3, 0.4) is 0 Å². The molecule has 2 atom stereocenters. The van der Waals surface area contributed by atoms with Crippen LogP contribution in [0.2, 0.25) is 0 Å². The molecule has 1 aliphatic rings. The van der Waals surface area contributed by atoms with Gasteiger partial charge in [0.05, 0.1) is 24.0 Å². The molecular weight excluding hydrogens is 418 g/mol. The molecule has 0 bridgehead atoms. The van der Waals surface area contributed by atoms with Gasteiger partial charge in [-0.1, -0.05) is 6.07 Å². The lowest BCUT2D eigenvalue weighted by molar-refractivity contribution is 0.566. The van der Waals surface area contributed by atoms with Gasteiger partial charge in [0.1, 0.15) is 0 Å². The third kappa shape index (κ3) is 4.03. The molecule has 1 aliphatic heterocycles. The Balaban J connectivity index is 1.77. The van der Waals surface area contributed by atoms with Gasteiger partial charge in [-0.3, -0.25) is 9.71 Å². The van der Waals surface area contributed by atoms with Crippen LogP contribution >= 0.6 is 12.2 Å². The summed E-state index contributed by atoms with van der Waals surface area (Å²) < 4.78 is 25.5. The second kappa shape index (κ2) is 7.73. The van der Waals surface area contributed by atoms with Gasteiger partial charge in [-0.15, -0.1) is 0 Å². The predicted octanol–water partition coefficient (Wildman–Crippen LogP) is 3.58. The molecule has 9 heteroatoms. The van der Waals surface area contributed by atoms with E-state index in [1.165, 1.54) is 0 Å². The minimum atomic E-state index is -3.34. The molecular formula is C21H23N5O2S2. The first kappa shape index (κ1) is 20.4. The first-order chi connectivity index (χ1) is 14.2. The number of hydrogen-bond acceptors (Lipinski definition) is 4. The van der Waals surface area contributed by atoms with E-state index in [4.69, 9.17) is 12.2 Å². The van der Waals surface area contributed by atoms with Gasteiger partial charge in [-0.25, -0.2) is 8.42 Å². The van der Waals surface area contributed by atoms with E-state index in [2.05, 4.69) is 37.9 Å². The number of sulfonamides is 1. The Morgan fingerprint density at radius 2 is 1.87 bits per heavy atom. The van der Waals surface area contributed by atoms with Gasteiger partial charge in [0.15, 0.2) is 5.11 Å². The van der Waals surface area contributed by atoms with Gasteiger partial charge >= 0.3 is 0 Å². The van der Waals surface area contributed by atoms with Crippen molar-refractivity contribution in [2.75, 3.05) is 15.9 Å². The molecule has 0 radical (unpaired) electrons. The number of aromatic amines is 1. The minimum absolute atomic E-state index is 0.105. The second-order valence-corrected chi connectivity index (χ2v) is 9.59. The zero-order valence-corrected chi connectivity index (χ0v) is 18.5. The SMILES string of the molecule is Cc1cc(C2C(c3ccccn3)NC(=S)N2c2ccc(NS(C)(=O)=O)cc2)c(C)[nH]1. The van der Waals surface area contributed by atoms with E-state index in [1.54, 1.807) is 18.3 Å². The number of thiocarbonyl (C=S) groups is 1. The van der Waals surface area contributed by atoms with Crippen molar-refractivity contribution in [2.24, 2.45) is 0 Å². The number of benzene rings is 1. The maximum absolute atomic E-state index is 11.5. The molecule has 156 valence electrons. The lowest BCUT2D eigenvalue weighted by Gasteiger charge is -2.28. The largest absolute Gasteiger partial charge is 0.362 e. The van der Waals surface area contributed by atoms with E-state index in [9.17, 15) is 8.42 Å². The van der Waals surface area contributed by atoms with Crippen molar-refractivity contribution in [2.45, 2.75) is 25.9 Å². The van der Waals surface area contributed by atoms with E-state index in [-0.39, 0.29) is 12.1 Å². The van der Waals surface area contributed by atoms with Crippen molar-refractivity contribution < 1.29 is 8.42 Å². The molecule has 2 unspecified atom stereocenters. The number of aryl methyl sites for hydroxylation is 2. The molecule has 4 rings (SSSR count). The number of nitrogens with one attached hydrogen (secondary N) is 3. The Bertz CT molecular complexity index is 1170. The molecule has 3 aromatic rings. The third-order valence-corrected chi connectivity index (χ3v) is 5.98. The summed E-state index contributed by atoms with van der Waals surface area (Å²) in [5.41, 5.74) is 5.56. The number of H-pyrrole nitrogens is 1. The fourth-order valence-corrected chi connectivity index (χ4v) is 4.82. The van der Waals surface area contributed by atoms with Crippen molar-refractivity contribution in [3.63, 3.8) is 0 Å². The van der Waals surface area contributed by atoms with Crippen LogP contribution in [0.25, 0.3) is 0 Å². The molecule has 3 N–H and O–H groups in total. The maximum Gasteiger partial charge on any atom is 0.229 e. The lowest BCUT2D eigenvalue weighted by Crippen LogP contribution is -2.29. The number of rotatable bonds is 5. The maximum atomic E-state index is 11.5. The summed E-state index contributed by atoms with van der Waals surface area (Å²) in [5, 5.41) is 4.02. The molecule has 30 heavy (non-hydrogen) atoms. The number of hydrogen-bond donors (Lipinski definition) is 3. The van der Waals surface area contributed by atoms with Gasteiger partial charge in [0.25, 0.3) is 0 Å². The van der Waals surface area contributed by atoms with E-state index in [1.807, 2.05) is 37.3 Å². The highest BCUT2D eigenvalue weighted by atomic mass is 32.2. The zero-order valence-electron chi connectivity index (χ0n) is 16.9. The standard InChI is InChI=1S/C21H23N5O2S2/c1-13-12-17(14(2)23-13)20-19(18-6-4-5-11-22-18)24-21(29)26(20)16-9-7-15(8-10-16)25-30(3,27)28/h4-12,19-20,23,25H,1-3H3,(H,24,29). The number of aromatic nitrogens is 2. The van der Waals surface area contributed by atoms with Gasteiger partial charge in [-0.2, -0.15) is 0 Å². The molecule has 0 spiro atoms. The van der Waals surface area contributed by atoms with E-state index < -0.39 is 10.0 Å². The highest BCUT2D eigenvalue weighted by Gasteiger charge is 2.41. The van der Waals surface area contributed by atoms with Crippen LogP contribution in [0.15, 0.2) is 54.7 Å². The van der Waals surface area contributed by atoms with Crippen molar-refractivity contribution in [1.29, 1.82) is 0 Å². The van der Waals surface area contributed by atoms with Crippen LogP contribution in [-0.4, -0.2) is 29.8 Å².